The van der Waals surface area contributed by atoms with Gasteiger partial charge >= 0.3 is 6.36 Å². The summed E-state index contributed by atoms with van der Waals surface area (Å²) in [5.41, 5.74) is 0.763. The van der Waals surface area contributed by atoms with Crippen LogP contribution in [0.15, 0.2) is 18.2 Å². The highest BCUT2D eigenvalue weighted by atomic mass is 19.4. The molecule has 90 valence electrons. The number of ether oxygens (including phenoxy) is 2. The second kappa shape index (κ2) is 5.07. The van der Waals surface area contributed by atoms with E-state index in [-0.39, 0.29) is 5.75 Å². The molecule has 1 aromatic carbocycles. The van der Waals surface area contributed by atoms with Crippen molar-refractivity contribution in [1.82, 2.24) is 5.32 Å². The summed E-state index contributed by atoms with van der Waals surface area (Å²) in [7, 11) is 3.13. The summed E-state index contributed by atoms with van der Waals surface area (Å²) in [6, 6.07) is 3.99. The van der Waals surface area contributed by atoms with E-state index in [4.69, 9.17) is 4.74 Å². The van der Waals surface area contributed by atoms with Crippen LogP contribution in [0, 0.1) is 0 Å². The zero-order chi connectivity index (χ0) is 12.2. The fraction of sp³-hybridized carbons (Fsp3) is 0.400. The lowest BCUT2D eigenvalue weighted by molar-refractivity contribution is -0.274. The van der Waals surface area contributed by atoms with Crippen molar-refractivity contribution < 1.29 is 22.6 Å². The summed E-state index contributed by atoms with van der Waals surface area (Å²) in [4.78, 5) is 0. The number of rotatable bonds is 4. The van der Waals surface area contributed by atoms with Crippen LogP contribution in [-0.2, 0) is 6.54 Å². The molecule has 0 saturated heterocycles. The minimum atomic E-state index is -4.68. The van der Waals surface area contributed by atoms with Gasteiger partial charge in [-0.1, -0.05) is 6.07 Å². The standard InChI is InChI=1S/C10H12F3NO2/c1-14-6-7-3-4-8(5-9(7)15-2)16-10(11,12)13/h3-5,14H,6H2,1-2H3. The summed E-state index contributed by atoms with van der Waals surface area (Å²) in [6.07, 6.45) is -4.68. The molecule has 0 aromatic heterocycles. The molecular weight excluding hydrogens is 223 g/mol. The van der Waals surface area contributed by atoms with Gasteiger partial charge in [0.2, 0.25) is 0 Å². The topological polar surface area (TPSA) is 30.5 Å². The van der Waals surface area contributed by atoms with Crippen molar-refractivity contribution in [3.05, 3.63) is 23.8 Å². The van der Waals surface area contributed by atoms with Crippen LogP contribution >= 0.6 is 0 Å². The zero-order valence-corrected chi connectivity index (χ0v) is 8.89. The highest BCUT2D eigenvalue weighted by Gasteiger charge is 2.31. The molecule has 0 bridgehead atoms. The Labute approximate surface area is 91.2 Å². The molecule has 0 amide bonds. The van der Waals surface area contributed by atoms with Crippen LogP contribution in [0.5, 0.6) is 11.5 Å². The third-order valence-electron chi connectivity index (χ3n) is 1.86. The average molecular weight is 235 g/mol. The van der Waals surface area contributed by atoms with Gasteiger partial charge in [-0.2, -0.15) is 0 Å². The van der Waals surface area contributed by atoms with Gasteiger partial charge in [0.15, 0.2) is 0 Å². The zero-order valence-electron chi connectivity index (χ0n) is 8.89. The van der Waals surface area contributed by atoms with Gasteiger partial charge in [0.25, 0.3) is 0 Å². The molecule has 0 aliphatic carbocycles. The highest BCUT2D eigenvalue weighted by Crippen LogP contribution is 2.28. The van der Waals surface area contributed by atoms with Crippen LogP contribution in [0.4, 0.5) is 13.2 Å². The van der Waals surface area contributed by atoms with E-state index in [1.807, 2.05) is 0 Å². The van der Waals surface area contributed by atoms with E-state index in [0.29, 0.717) is 12.3 Å². The fourth-order valence-electron chi connectivity index (χ4n) is 1.26. The molecule has 3 nitrogen and oxygen atoms in total. The minimum Gasteiger partial charge on any atom is -0.496 e. The van der Waals surface area contributed by atoms with Crippen LogP contribution in [0.1, 0.15) is 5.56 Å². The van der Waals surface area contributed by atoms with E-state index in [1.54, 1.807) is 7.05 Å². The van der Waals surface area contributed by atoms with Gasteiger partial charge in [0.1, 0.15) is 11.5 Å². The van der Waals surface area contributed by atoms with Crippen LogP contribution in [-0.4, -0.2) is 20.5 Å². The number of methoxy groups -OCH3 is 1. The Morgan fingerprint density at radius 2 is 2.00 bits per heavy atom. The molecule has 1 aromatic rings. The predicted octanol–water partition coefficient (Wildman–Crippen LogP) is 2.31. The predicted molar refractivity (Wildman–Crippen MR) is 52.4 cm³/mol. The van der Waals surface area contributed by atoms with E-state index >= 15 is 0 Å². The van der Waals surface area contributed by atoms with Crippen molar-refractivity contribution >= 4 is 0 Å². The maximum atomic E-state index is 12.0. The van der Waals surface area contributed by atoms with Crippen molar-refractivity contribution in [1.29, 1.82) is 0 Å². The Kier molecular flexibility index (Phi) is 4.00. The van der Waals surface area contributed by atoms with Crippen LogP contribution in [0.25, 0.3) is 0 Å². The molecule has 0 aliphatic heterocycles. The third kappa shape index (κ3) is 3.62. The molecule has 0 atom stereocenters. The molecule has 16 heavy (non-hydrogen) atoms. The number of halogens is 3. The lowest BCUT2D eigenvalue weighted by Crippen LogP contribution is -2.17. The monoisotopic (exact) mass is 235 g/mol. The SMILES string of the molecule is CNCc1ccc(OC(F)(F)F)cc1OC. The maximum absolute atomic E-state index is 12.0. The molecule has 1 rings (SSSR count). The van der Waals surface area contributed by atoms with Crippen molar-refractivity contribution in [3.63, 3.8) is 0 Å². The Morgan fingerprint density at radius 1 is 1.31 bits per heavy atom. The van der Waals surface area contributed by atoms with Gasteiger partial charge in [0, 0.05) is 18.2 Å². The normalized spacial score (nSPS) is 11.3. The van der Waals surface area contributed by atoms with E-state index in [1.165, 1.54) is 25.3 Å². The third-order valence-corrected chi connectivity index (χ3v) is 1.86. The number of benzene rings is 1. The Balaban J connectivity index is 2.90. The summed E-state index contributed by atoms with van der Waals surface area (Å²) in [6.45, 7) is 0.509. The van der Waals surface area contributed by atoms with Crippen LogP contribution in [0.3, 0.4) is 0 Å². The Hall–Kier alpha value is -1.43. The highest BCUT2D eigenvalue weighted by molar-refractivity contribution is 5.40. The van der Waals surface area contributed by atoms with Gasteiger partial charge in [-0.05, 0) is 13.1 Å². The van der Waals surface area contributed by atoms with E-state index in [2.05, 4.69) is 10.1 Å². The summed E-state index contributed by atoms with van der Waals surface area (Å²) >= 11 is 0. The fourth-order valence-corrected chi connectivity index (χ4v) is 1.26. The second-order valence-electron chi connectivity index (χ2n) is 3.05. The van der Waals surface area contributed by atoms with Gasteiger partial charge < -0.3 is 14.8 Å². The van der Waals surface area contributed by atoms with Crippen molar-refractivity contribution in [2.75, 3.05) is 14.2 Å². The number of hydrogen-bond acceptors (Lipinski definition) is 3. The summed E-state index contributed by atoms with van der Waals surface area (Å²) in [5.74, 6) is 0.0697. The molecule has 0 unspecified atom stereocenters. The minimum absolute atomic E-state index is 0.288. The van der Waals surface area contributed by atoms with Gasteiger partial charge in [-0.25, -0.2) is 0 Å². The quantitative estimate of drug-likeness (QED) is 0.868. The smallest absolute Gasteiger partial charge is 0.496 e. The molecule has 0 fully saturated rings. The first-order valence-electron chi connectivity index (χ1n) is 4.53. The van der Waals surface area contributed by atoms with Crippen LogP contribution < -0.4 is 14.8 Å². The van der Waals surface area contributed by atoms with E-state index < -0.39 is 6.36 Å². The average Bonchev–Trinajstić information content (AvgIpc) is 2.18. The number of hydrogen-bond donors (Lipinski definition) is 1. The number of alkyl halides is 3. The summed E-state index contributed by atoms with van der Waals surface area (Å²) < 4.78 is 44.6. The number of nitrogens with one attached hydrogen (secondary N) is 1. The molecule has 0 spiro atoms. The van der Waals surface area contributed by atoms with E-state index in [9.17, 15) is 13.2 Å². The second-order valence-corrected chi connectivity index (χ2v) is 3.05. The molecule has 1 N–H and O–H groups in total. The van der Waals surface area contributed by atoms with Gasteiger partial charge in [-0.3, -0.25) is 0 Å². The molecule has 0 heterocycles. The van der Waals surface area contributed by atoms with Crippen molar-refractivity contribution in [2.24, 2.45) is 0 Å². The Bertz CT molecular complexity index is 352. The van der Waals surface area contributed by atoms with Crippen LogP contribution in [0.2, 0.25) is 0 Å². The molecule has 0 saturated carbocycles. The van der Waals surface area contributed by atoms with Crippen molar-refractivity contribution in [3.8, 4) is 11.5 Å². The molecule has 6 heteroatoms. The summed E-state index contributed by atoms with van der Waals surface area (Å²) in [5, 5.41) is 2.88. The Morgan fingerprint density at radius 3 is 2.50 bits per heavy atom. The lowest BCUT2D eigenvalue weighted by atomic mass is 10.2. The maximum Gasteiger partial charge on any atom is 0.573 e. The first-order valence-corrected chi connectivity index (χ1v) is 4.53. The van der Waals surface area contributed by atoms with E-state index in [0.717, 1.165) is 5.56 Å². The molecular formula is C10H12F3NO2. The van der Waals surface area contributed by atoms with Gasteiger partial charge in [-0.15, -0.1) is 13.2 Å². The van der Waals surface area contributed by atoms with Crippen molar-refractivity contribution in [2.45, 2.75) is 12.9 Å². The molecule has 0 aliphatic rings. The van der Waals surface area contributed by atoms with Gasteiger partial charge in [0.05, 0.1) is 7.11 Å². The largest absolute Gasteiger partial charge is 0.573 e. The first-order chi connectivity index (χ1) is 7.46. The molecule has 0 radical (unpaired) electrons. The first kappa shape index (κ1) is 12.6. The lowest BCUT2D eigenvalue weighted by Gasteiger charge is -2.12.